The third-order valence-corrected chi connectivity index (χ3v) is 5.00. The van der Waals surface area contributed by atoms with Gasteiger partial charge < -0.3 is 10.1 Å². The highest BCUT2D eigenvalue weighted by atomic mass is 16.5. The number of imidazole rings is 1. The molecule has 8 nitrogen and oxygen atoms in total. The molecule has 0 aliphatic heterocycles. The van der Waals surface area contributed by atoms with Crippen molar-refractivity contribution in [2.24, 2.45) is 0 Å². The predicted molar refractivity (Wildman–Crippen MR) is 123 cm³/mol. The van der Waals surface area contributed by atoms with Crippen molar-refractivity contribution in [1.82, 2.24) is 14.6 Å². The van der Waals surface area contributed by atoms with Gasteiger partial charge in [-0.2, -0.15) is 0 Å². The molecule has 1 atom stereocenters. The summed E-state index contributed by atoms with van der Waals surface area (Å²) in [5.41, 5.74) is 3.96. The van der Waals surface area contributed by atoms with E-state index in [1.807, 2.05) is 44.2 Å². The lowest BCUT2D eigenvalue weighted by Gasteiger charge is -2.20. The molecule has 2 aromatic carbocycles. The number of methoxy groups -OCH3 is 1. The Balaban J connectivity index is 1.91. The standard InChI is InChI=1S/C24H28N4O4/c1-16(2)25-23(30)21(14-18-8-6-5-7-9-18)28-17(3)15-27(24(28)31)26-22(29)19-10-12-20(32-4)13-11-19/h5-13,15-16,21H,14H2,1-4H3,(H,25,30)(H,26,29)/t21-/m1/s1. The van der Waals surface area contributed by atoms with Crippen molar-refractivity contribution in [1.29, 1.82) is 0 Å². The van der Waals surface area contributed by atoms with E-state index in [4.69, 9.17) is 4.74 Å². The Bertz CT molecular complexity index is 1130. The van der Waals surface area contributed by atoms with Gasteiger partial charge in [0.05, 0.1) is 13.3 Å². The molecule has 3 rings (SSSR count). The second kappa shape index (κ2) is 10.00. The van der Waals surface area contributed by atoms with E-state index in [1.165, 1.54) is 10.8 Å². The van der Waals surface area contributed by atoms with Gasteiger partial charge in [0, 0.05) is 23.7 Å². The topological polar surface area (TPSA) is 94.4 Å². The number of hydrogen-bond acceptors (Lipinski definition) is 4. The Hall–Kier alpha value is -3.81. The molecular weight excluding hydrogens is 408 g/mol. The van der Waals surface area contributed by atoms with Gasteiger partial charge in [-0.1, -0.05) is 30.3 Å². The number of benzene rings is 2. The third kappa shape index (κ3) is 5.26. The minimum absolute atomic E-state index is 0.0753. The zero-order chi connectivity index (χ0) is 23.3. The normalized spacial score (nSPS) is 11.8. The first-order chi connectivity index (χ1) is 15.3. The van der Waals surface area contributed by atoms with E-state index in [0.29, 0.717) is 23.4 Å². The van der Waals surface area contributed by atoms with Crippen LogP contribution in [0.4, 0.5) is 0 Å². The number of nitrogens with zero attached hydrogens (tertiary/aromatic N) is 2. The van der Waals surface area contributed by atoms with Gasteiger partial charge in [-0.15, -0.1) is 0 Å². The molecule has 0 aliphatic rings. The molecule has 0 saturated carbocycles. The molecule has 2 N–H and O–H groups in total. The van der Waals surface area contributed by atoms with Gasteiger partial charge in [-0.3, -0.25) is 19.6 Å². The molecule has 0 unspecified atom stereocenters. The highest BCUT2D eigenvalue weighted by Crippen LogP contribution is 2.16. The van der Waals surface area contributed by atoms with E-state index in [1.54, 1.807) is 38.3 Å². The summed E-state index contributed by atoms with van der Waals surface area (Å²) in [5, 5.41) is 2.90. The van der Waals surface area contributed by atoms with E-state index in [9.17, 15) is 14.4 Å². The molecule has 0 radical (unpaired) electrons. The van der Waals surface area contributed by atoms with Gasteiger partial charge in [0.25, 0.3) is 5.91 Å². The minimum Gasteiger partial charge on any atom is -0.497 e. The number of amides is 2. The first-order valence-corrected chi connectivity index (χ1v) is 10.4. The van der Waals surface area contributed by atoms with Crippen LogP contribution in [0.5, 0.6) is 5.75 Å². The molecule has 1 aromatic heterocycles. The fourth-order valence-electron chi connectivity index (χ4n) is 3.47. The highest BCUT2D eigenvalue weighted by molar-refractivity contribution is 6.00. The lowest BCUT2D eigenvalue weighted by Crippen LogP contribution is -2.43. The maximum atomic E-state index is 13.2. The second-order valence-electron chi connectivity index (χ2n) is 7.83. The van der Waals surface area contributed by atoms with Crippen molar-refractivity contribution < 1.29 is 14.3 Å². The summed E-state index contributed by atoms with van der Waals surface area (Å²) in [6, 6.07) is 15.2. The number of nitrogens with one attached hydrogen (secondary N) is 2. The molecule has 0 saturated heterocycles. The number of hydrogen-bond donors (Lipinski definition) is 2. The SMILES string of the molecule is COc1ccc(C(=O)Nn2cc(C)n([C@H](Cc3ccccc3)C(=O)NC(C)C)c2=O)cc1. The van der Waals surface area contributed by atoms with Crippen molar-refractivity contribution in [3.05, 3.63) is 88.1 Å². The first kappa shape index (κ1) is 22.9. The van der Waals surface area contributed by atoms with Crippen LogP contribution in [0.3, 0.4) is 0 Å². The molecular formula is C24H28N4O4. The van der Waals surface area contributed by atoms with E-state index >= 15 is 0 Å². The monoisotopic (exact) mass is 436 g/mol. The Kier molecular flexibility index (Phi) is 7.14. The summed E-state index contributed by atoms with van der Waals surface area (Å²) < 4.78 is 7.63. The summed E-state index contributed by atoms with van der Waals surface area (Å²) in [5.74, 6) is -0.0768. The maximum absolute atomic E-state index is 13.2. The highest BCUT2D eigenvalue weighted by Gasteiger charge is 2.26. The van der Waals surface area contributed by atoms with Gasteiger partial charge >= 0.3 is 5.69 Å². The number of aromatic nitrogens is 2. The molecule has 0 aliphatic carbocycles. The van der Waals surface area contributed by atoms with Gasteiger partial charge in [0.15, 0.2) is 0 Å². The van der Waals surface area contributed by atoms with Crippen LogP contribution in [0, 0.1) is 6.92 Å². The van der Waals surface area contributed by atoms with Crippen molar-refractivity contribution in [2.75, 3.05) is 12.5 Å². The van der Waals surface area contributed by atoms with Crippen LogP contribution >= 0.6 is 0 Å². The fraction of sp³-hybridized carbons (Fsp3) is 0.292. The lowest BCUT2D eigenvalue weighted by molar-refractivity contribution is -0.125. The Labute approximate surface area is 186 Å². The van der Waals surface area contributed by atoms with Crippen LogP contribution in [-0.2, 0) is 11.2 Å². The quantitative estimate of drug-likeness (QED) is 0.568. The molecule has 0 fully saturated rings. The average Bonchev–Trinajstić information content (AvgIpc) is 3.05. The van der Waals surface area contributed by atoms with Crippen molar-refractivity contribution >= 4 is 11.8 Å². The van der Waals surface area contributed by atoms with Gasteiger partial charge in [0.1, 0.15) is 11.8 Å². The third-order valence-electron chi connectivity index (χ3n) is 5.00. The van der Waals surface area contributed by atoms with E-state index < -0.39 is 17.6 Å². The molecule has 3 aromatic rings. The number of carbonyl (C=O) groups excluding carboxylic acids is 2. The predicted octanol–water partition coefficient (Wildman–Crippen LogP) is 2.66. The molecule has 1 heterocycles. The molecule has 168 valence electrons. The van der Waals surface area contributed by atoms with Gasteiger partial charge in [-0.25, -0.2) is 9.47 Å². The van der Waals surface area contributed by atoms with Gasteiger partial charge in [-0.05, 0) is 50.6 Å². The van der Waals surface area contributed by atoms with Crippen LogP contribution in [0.2, 0.25) is 0 Å². The Morgan fingerprint density at radius 3 is 2.28 bits per heavy atom. The van der Waals surface area contributed by atoms with Crippen LogP contribution in [0.25, 0.3) is 0 Å². The maximum Gasteiger partial charge on any atom is 0.348 e. The number of ether oxygens (including phenoxy) is 1. The number of aryl methyl sites for hydroxylation is 1. The molecule has 8 heteroatoms. The number of rotatable bonds is 8. The fourth-order valence-corrected chi connectivity index (χ4v) is 3.47. The summed E-state index contributed by atoms with van der Waals surface area (Å²) in [7, 11) is 1.54. The van der Waals surface area contributed by atoms with Crippen LogP contribution in [-0.4, -0.2) is 34.2 Å². The Morgan fingerprint density at radius 1 is 1.03 bits per heavy atom. The molecule has 0 spiro atoms. The van der Waals surface area contributed by atoms with E-state index in [0.717, 1.165) is 10.2 Å². The molecule has 0 bridgehead atoms. The van der Waals surface area contributed by atoms with Crippen molar-refractivity contribution in [2.45, 2.75) is 39.3 Å². The second-order valence-corrected chi connectivity index (χ2v) is 7.83. The average molecular weight is 437 g/mol. The van der Waals surface area contributed by atoms with Crippen LogP contribution in [0.15, 0.2) is 65.6 Å². The molecule has 32 heavy (non-hydrogen) atoms. The smallest absolute Gasteiger partial charge is 0.348 e. The lowest BCUT2D eigenvalue weighted by atomic mass is 10.0. The largest absolute Gasteiger partial charge is 0.497 e. The minimum atomic E-state index is -0.758. The summed E-state index contributed by atoms with van der Waals surface area (Å²) in [4.78, 5) is 38.8. The van der Waals surface area contributed by atoms with Gasteiger partial charge in [0.2, 0.25) is 5.91 Å². The first-order valence-electron chi connectivity index (χ1n) is 10.4. The number of carbonyl (C=O) groups is 2. The zero-order valence-electron chi connectivity index (χ0n) is 18.7. The summed E-state index contributed by atoms with van der Waals surface area (Å²) in [6.07, 6.45) is 1.86. The van der Waals surface area contributed by atoms with Crippen LogP contribution < -0.4 is 21.2 Å². The van der Waals surface area contributed by atoms with Crippen LogP contribution in [0.1, 0.15) is 41.5 Å². The van der Waals surface area contributed by atoms with Crippen molar-refractivity contribution in [3.63, 3.8) is 0 Å². The van der Waals surface area contributed by atoms with Crippen molar-refractivity contribution in [3.8, 4) is 5.75 Å². The molecule has 2 amide bonds. The summed E-state index contributed by atoms with van der Waals surface area (Å²) in [6.45, 7) is 5.47. The van der Waals surface area contributed by atoms with E-state index in [2.05, 4.69) is 10.7 Å². The Morgan fingerprint density at radius 2 is 1.69 bits per heavy atom. The zero-order valence-corrected chi connectivity index (χ0v) is 18.7. The van der Waals surface area contributed by atoms with E-state index in [-0.39, 0.29) is 11.9 Å². The summed E-state index contributed by atoms with van der Waals surface area (Å²) >= 11 is 0.